The van der Waals surface area contributed by atoms with Crippen molar-refractivity contribution in [1.82, 2.24) is 15.2 Å². The number of methoxy groups -OCH3 is 2. The van der Waals surface area contributed by atoms with Crippen molar-refractivity contribution in [3.05, 3.63) is 65.9 Å². The van der Waals surface area contributed by atoms with Crippen molar-refractivity contribution in [3.8, 4) is 11.1 Å². The molecule has 0 saturated carbocycles. The zero-order valence-electron chi connectivity index (χ0n) is 23.1. The third kappa shape index (κ3) is 5.55. The quantitative estimate of drug-likeness (QED) is 0.268. The molecule has 2 atom stereocenters. The number of rotatable bonds is 12. The van der Waals surface area contributed by atoms with E-state index in [4.69, 9.17) is 14.2 Å². The van der Waals surface area contributed by atoms with Crippen LogP contribution in [0, 0.1) is 0 Å². The van der Waals surface area contributed by atoms with Crippen molar-refractivity contribution in [3.63, 3.8) is 0 Å². The summed E-state index contributed by atoms with van der Waals surface area (Å²) in [6.45, 7) is 2.67. The molecule has 10 heteroatoms. The number of carbonyl (C=O) groups excluding carboxylic acids is 3. The number of amides is 2. The van der Waals surface area contributed by atoms with Crippen LogP contribution in [0.1, 0.15) is 42.6 Å². The highest BCUT2D eigenvalue weighted by atomic mass is 19.1. The second kappa shape index (κ2) is 12.5. The van der Waals surface area contributed by atoms with Gasteiger partial charge in [0.2, 0.25) is 11.7 Å². The molecule has 2 amide bonds. The van der Waals surface area contributed by atoms with Gasteiger partial charge in [0.05, 0.1) is 24.6 Å². The molecule has 0 saturated heterocycles. The van der Waals surface area contributed by atoms with E-state index in [-0.39, 0.29) is 25.5 Å². The standard InChI is InChI=1S/C30H34FN3O6/c1-5-25(28(36)33-26(16-27(35)40-6-2)30(18-31,38-3)39-4)34-17-20-12-11-19(15-23(20)29(34)37)21-13-14-32-24-10-8-7-9-22(21)24/h7-15,25-26H,5-6,16-18H2,1-4H3,(H,33,36). The Morgan fingerprint density at radius 1 is 1.10 bits per heavy atom. The lowest BCUT2D eigenvalue weighted by Crippen LogP contribution is -2.60. The van der Waals surface area contributed by atoms with E-state index in [1.54, 1.807) is 20.0 Å². The minimum Gasteiger partial charge on any atom is -0.466 e. The number of ether oxygens (including phenoxy) is 3. The number of alkyl halides is 1. The lowest BCUT2D eigenvalue weighted by atomic mass is 9.98. The van der Waals surface area contributed by atoms with Crippen LogP contribution in [0.3, 0.4) is 0 Å². The summed E-state index contributed by atoms with van der Waals surface area (Å²) >= 11 is 0. The molecule has 0 aliphatic carbocycles. The minimum absolute atomic E-state index is 0.123. The Morgan fingerprint density at radius 2 is 1.85 bits per heavy atom. The topological polar surface area (TPSA) is 107 Å². The van der Waals surface area contributed by atoms with Crippen molar-refractivity contribution >= 4 is 28.7 Å². The van der Waals surface area contributed by atoms with Gasteiger partial charge >= 0.3 is 5.97 Å². The number of carbonyl (C=O) groups is 3. The molecular formula is C30H34FN3O6. The second-order valence-corrected chi connectivity index (χ2v) is 9.53. The van der Waals surface area contributed by atoms with Gasteiger partial charge in [-0.25, -0.2) is 4.39 Å². The maximum atomic E-state index is 14.1. The Hall–Kier alpha value is -3.89. The summed E-state index contributed by atoms with van der Waals surface area (Å²) in [5.74, 6) is -3.38. The molecule has 2 unspecified atom stereocenters. The van der Waals surface area contributed by atoms with Crippen molar-refractivity contribution in [2.45, 2.75) is 51.1 Å². The van der Waals surface area contributed by atoms with Crippen molar-refractivity contribution in [2.75, 3.05) is 27.5 Å². The molecule has 40 heavy (non-hydrogen) atoms. The Morgan fingerprint density at radius 3 is 2.52 bits per heavy atom. The van der Waals surface area contributed by atoms with Crippen LogP contribution in [0.5, 0.6) is 0 Å². The van der Waals surface area contributed by atoms with Gasteiger partial charge in [0.1, 0.15) is 12.7 Å². The fraction of sp³-hybridized carbons (Fsp3) is 0.400. The number of aromatic nitrogens is 1. The number of hydrogen-bond donors (Lipinski definition) is 1. The largest absolute Gasteiger partial charge is 0.466 e. The van der Waals surface area contributed by atoms with Gasteiger partial charge in [-0.15, -0.1) is 0 Å². The molecule has 0 radical (unpaired) electrons. The summed E-state index contributed by atoms with van der Waals surface area (Å²) < 4.78 is 29.7. The van der Waals surface area contributed by atoms with Gasteiger partial charge in [-0.1, -0.05) is 37.3 Å². The molecule has 1 aliphatic heterocycles. The monoisotopic (exact) mass is 551 g/mol. The van der Waals surface area contributed by atoms with E-state index in [9.17, 15) is 18.8 Å². The van der Waals surface area contributed by atoms with E-state index in [0.717, 1.165) is 27.6 Å². The molecule has 0 spiro atoms. The number of hydrogen-bond acceptors (Lipinski definition) is 7. The number of para-hydroxylation sites is 1. The van der Waals surface area contributed by atoms with Crippen LogP contribution in [-0.4, -0.2) is 73.0 Å². The van der Waals surface area contributed by atoms with Crippen molar-refractivity contribution in [2.24, 2.45) is 0 Å². The molecule has 2 heterocycles. The van der Waals surface area contributed by atoms with Gasteiger partial charge < -0.3 is 24.4 Å². The molecular weight excluding hydrogens is 517 g/mol. The van der Waals surface area contributed by atoms with Gasteiger partial charge in [-0.3, -0.25) is 19.4 Å². The van der Waals surface area contributed by atoms with E-state index >= 15 is 0 Å². The second-order valence-electron chi connectivity index (χ2n) is 9.53. The van der Waals surface area contributed by atoms with Crippen LogP contribution in [-0.2, 0) is 30.3 Å². The average molecular weight is 552 g/mol. The SMILES string of the molecule is CCOC(=O)CC(NC(=O)C(CC)N1Cc2ccc(-c3ccnc4ccccc34)cc2C1=O)C(CF)(OC)OC. The van der Waals surface area contributed by atoms with E-state index in [2.05, 4.69) is 10.3 Å². The van der Waals surface area contributed by atoms with Crippen LogP contribution in [0.25, 0.3) is 22.0 Å². The maximum Gasteiger partial charge on any atom is 0.308 e. The smallest absolute Gasteiger partial charge is 0.308 e. The van der Waals surface area contributed by atoms with Crippen molar-refractivity contribution < 1.29 is 33.0 Å². The van der Waals surface area contributed by atoms with Gasteiger partial charge in [-0.2, -0.15) is 0 Å². The molecule has 2 aromatic carbocycles. The Balaban J connectivity index is 1.59. The fourth-order valence-electron chi connectivity index (χ4n) is 5.18. The fourth-order valence-corrected chi connectivity index (χ4v) is 5.18. The Bertz CT molecular complexity index is 1380. The molecule has 1 aliphatic rings. The Kier molecular flexibility index (Phi) is 9.11. The number of esters is 1. The molecule has 1 N–H and O–H groups in total. The third-order valence-electron chi connectivity index (χ3n) is 7.37. The summed E-state index contributed by atoms with van der Waals surface area (Å²) in [6.07, 6.45) is 1.65. The first kappa shape index (κ1) is 29.1. The predicted octanol–water partition coefficient (Wildman–Crippen LogP) is 4.03. The Labute approximate surface area is 232 Å². The summed E-state index contributed by atoms with van der Waals surface area (Å²) in [6, 6.07) is 13.3. The highest BCUT2D eigenvalue weighted by Crippen LogP contribution is 2.33. The van der Waals surface area contributed by atoms with Gasteiger partial charge in [0.25, 0.3) is 5.91 Å². The number of nitrogens with zero attached hydrogens (tertiary/aromatic N) is 2. The molecule has 1 aromatic heterocycles. The van der Waals surface area contributed by atoms with Crippen LogP contribution in [0.2, 0.25) is 0 Å². The highest BCUT2D eigenvalue weighted by molar-refractivity contribution is 6.03. The van der Waals surface area contributed by atoms with E-state index in [1.165, 1.54) is 19.1 Å². The molecule has 0 fully saturated rings. The summed E-state index contributed by atoms with van der Waals surface area (Å²) in [5, 5.41) is 3.67. The molecule has 0 bridgehead atoms. The average Bonchev–Trinajstić information content (AvgIpc) is 3.29. The number of halogens is 1. The zero-order chi connectivity index (χ0) is 28.9. The number of fused-ring (bicyclic) bond motifs is 2. The van der Waals surface area contributed by atoms with Crippen molar-refractivity contribution in [1.29, 1.82) is 0 Å². The summed E-state index contributed by atoms with van der Waals surface area (Å²) in [7, 11) is 2.46. The van der Waals surface area contributed by atoms with Gasteiger partial charge in [0.15, 0.2) is 0 Å². The van der Waals surface area contributed by atoms with Crippen LogP contribution < -0.4 is 5.32 Å². The maximum absolute atomic E-state index is 14.1. The first-order valence-electron chi connectivity index (χ1n) is 13.2. The van der Waals surface area contributed by atoms with E-state index in [1.807, 2.05) is 48.5 Å². The zero-order valence-corrected chi connectivity index (χ0v) is 23.1. The molecule has 4 rings (SSSR count). The molecule has 3 aromatic rings. The van der Waals surface area contributed by atoms with E-state index < -0.39 is 36.4 Å². The lowest BCUT2D eigenvalue weighted by molar-refractivity contribution is -0.235. The molecule has 212 valence electrons. The number of pyridine rings is 1. The van der Waals surface area contributed by atoms with Crippen LogP contribution >= 0.6 is 0 Å². The van der Waals surface area contributed by atoms with Gasteiger partial charge in [-0.05, 0) is 48.2 Å². The first-order valence-corrected chi connectivity index (χ1v) is 13.2. The lowest BCUT2D eigenvalue weighted by Gasteiger charge is -2.37. The first-order chi connectivity index (χ1) is 19.3. The van der Waals surface area contributed by atoms with E-state index in [0.29, 0.717) is 12.0 Å². The number of nitrogens with one attached hydrogen (secondary N) is 1. The summed E-state index contributed by atoms with van der Waals surface area (Å²) in [5.41, 5.74) is 3.98. The minimum atomic E-state index is -1.90. The van der Waals surface area contributed by atoms with Crippen LogP contribution in [0.4, 0.5) is 4.39 Å². The normalized spacial score (nSPS) is 14.6. The van der Waals surface area contributed by atoms with Gasteiger partial charge in [0, 0.05) is 37.9 Å². The predicted molar refractivity (Wildman–Crippen MR) is 147 cm³/mol. The third-order valence-corrected chi connectivity index (χ3v) is 7.37. The number of benzene rings is 2. The summed E-state index contributed by atoms with van der Waals surface area (Å²) in [4.78, 5) is 45.3. The highest BCUT2D eigenvalue weighted by Gasteiger charge is 2.44. The van der Waals surface area contributed by atoms with Crippen LogP contribution in [0.15, 0.2) is 54.7 Å². The molecule has 9 nitrogen and oxygen atoms in total.